The Kier molecular flexibility index (Phi) is 12.1. The third-order valence-corrected chi connectivity index (χ3v) is 4.22. The molecule has 0 aliphatic carbocycles. The fourth-order valence-electron chi connectivity index (χ4n) is 2.90. The van der Waals surface area contributed by atoms with Crippen LogP contribution in [0.25, 0.3) is 0 Å². The Bertz CT molecular complexity index is 419. The zero-order chi connectivity index (χ0) is 17.5. The fraction of sp³-hybridized carbons (Fsp3) is 0.667. The van der Waals surface area contributed by atoms with E-state index >= 15 is 0 Å². The molecule has 3 nitrogen and oxygen atoms in total. The van der Waals surface area contributed by atoms with Crippen molar-refractivity contribution in [3.05, 3.63) is 35.9 Å². The van der Waals surface area contributed by atoms with Crippen molar-refractivity contribution in [1.82, 2.24) is 5.06 Å². The molecule has 0 aromatic heterocycles. The maximum absolute atomic E-state index is 11.3. The largest absolute Gasteiger partial charge is 0.368 e. The predicted molar refractivity (Wildman–Crippen MR) is 100 cm³/mol. The molecule has 0 spiro atoms. The summed E-state index contributed by atoms with van der Waals surface area (Å²) >= 11 is 0. The first-order chi connectivity index (χ1) is 11.7. The topological polar surface area (TPSA) is 29.5 Å². The Morgan fingerprint density at radius 2 is 1.42 bits per heavy atom. The van der Waals surface area contributed by atoms with Gasteiger partial charge in [0.15, 0.2) is 0 Å². The first-order valence-corrected chi connectivity index (χ1v) is 9.69. The van der Waals surface area contributed by atoms with E-state index in [9.17, 15) is 4.79 Å². The number of rotatable bonds is 14. The summed E-state index contributed by atoms with van der Waals surface area (Å²) in [5.74, 6) is -0.238. The van der Waals surface area contributed by atoms with E-state index in [1.54, 1.807) is 5.06 Å². The third-order valence-electron chi connectivity index (χ3n) is 4.22. The van der Waals surface area contributed by atoms with Crippen LogP contribution >= 0.6 is 0 Å². The van der Waals surface area contributed by atoms with Gasteiger partial charge in [0.25, 0.3) is 0 Å². The number of hydroxylamine groups is 2. The van der Waals surface area contributed by atoms with Gasteiger partial charge in [0, 0.05) is 13.5 Å². The van der Waals surface area contributed by atoms with Gasteiger partial charge in [-0.3, -0.25) is 4.79 Å². The normalized spacial score (nSPS) is 11.0. The van der Waals surface area contributed by atoms with E-state index in [-0.39, 0.29) is 5.97 Å². The standard InChI is InChI=1S/C21H35NO2/c1-3-4-5-6-7-8-9-10-11-15-18-22(24-20(2)23)19-21-16-13-12-14-17-21/h12-14,16-17H,3-11,15,18-19H2,1-2H3. The monoisotopic (exact) mass is 333 g/mol. The van der Waals surface area contributed by atoms with Crippen LogP contribution in [0.5, 0.6) is 0 Å². The molecule has 0 unspecified atom stereocenters. The van der Waals surface area contributed by atoms with Crippen LogP contribution < -0.4 is 0 Å². The second-order valence-corrected chi connectivity index (χ2v) is 6.61. The van der Waals surface area contributed by atoms with E-state index in [0.29, 0.717) is 6.54 Å². The Balaban J connectivity index is 2.11. The van der Waals surface area contributed by atoms with Crippen LogP contribution in [0.1, 0.15) is 83.6 Å². The van der Waals surface area contributed by atoms with E-state index < -0.39 is 0 Å². The highest BCUT2D eigenvalue weighted by Gasteiger charge is 2.09. The van der Waals surface area contributed by atoms with Gasteiger partial charge in [-0.05, 0) is 12.0 Å². The lowest BCUT2D eigenvalue weighted by molar-refractivity contribution is -0.191. The minimum absolute atomic E-state index is 0.238. The quantitative estimate of drug-likeness (QED) is 0.314. The summed E-state index contributed by atoms with van der Waals surface area (Å²) < 4.78 is 0. The van der Waals surface area contributed by atoms with Crippen molar-refractivity contribution in [1.29, 1.82) is 0 Å². The molecule has 0 saturated heterocycles. The second kappa shape index (κ2) is 14.0. The van der Waals surface area contributed by atoms with Gasteiger partial charge in [0.2, 0.25) is 0 Å². The molecule has 3 heteroatoms. The van der Waals surface area contributed by atoms with E-state index in [1.165, 1.54) is 70.3 Å². The number of hydrogen-bond donors (Lipinski definition) is 0. The van der Waals surface area contributed by atoms with Gasteiger partial charge >= 0.3 is 5.97 Å². The van der Waals surface area contributed by atoms with E-state index in [1.807, 2.05) is 18.2 Å². The molecule has 1 aromatic rings. The van der Waals surface area contributed by atoms with Crippen LogP contribution in [-0.4, -0.2) is 17.6 Å². The smallest absolute Gasteiger partial charge is 0.322 e. The maximum atomic E-state index is 11.3. The molecule has 0 saturated carbocycles. The van der Waals surface area contributed by atoms with E-state index in [4.69, 9.17) is 4.84 Å². The molecule has 136 valence electrons. The Labute approximate surface area is 148 Å². The first-order valence-electron chi connectivity index (χ1n) is 9.69. The van der Waals surface area contributed by atoms with Crippen molar-refractivity contribution in [2.75, 3.05) is 6.54 Å². The molecule has 0 fully saturated rings. The average molecular weight is 334 g/mol. The molecular weight excluding hydrogens is 298 g/mol. The summed E-state index contributed by atoms with van der Waals surface area (Å²) in [6.45, 7) is 5.20. The molecule has 0 aliphatic rings. The first kappa shape index (κ1) is 20.7. The molecule has 0 heterocycles. The molecule has 1 aromatic carbocycles. The highest BCUT2D eigenvalue weighted by Crippen LogP contribution is 2.12. The van der Waals surface area contributed by atoms with E-state index in [0.717, 1.165) is 13.0 Å². The van der Waals surface area contributed by atoms with Crippen LogP contribution in [0.3, 0.4) is 0 Å². The predicted octanol–water partition coefficient (Wildman–Crippen LogP) is 5.89. The Morgan fingerprint density at radius 1 is 0.875 bits per heavy atom. The number of benzene rings is 1. The van der Waals surface area contributed by atoms with Crippen molar-refractivity contribution in [3.8, 4) is 0 Å². The highest BCUT2D eigenvalue weighted by molar-refractivity contribution is 5.65. The molecule has 0 aliphatic heterocycles. The second-order valence-electron chi connectivity index (χ2n) is 6.61. The summed E-state index contributed by atoms with van der Waals surface area (Å²) in [7, 11) is 0. The summed E-state index contributed by atoms with van der Waals surface area (Å²) in [5.41, 5.74) is 1.17. The van der Waals surface area contributed by atoms with Crippen molar-refractivity contribution >= 4 is 5.97 Å². The molecule has 0 N–H and O–H groups in total. The fourth-order valence-corrected chi connectivity index (χ4v) is 2.90. The number of nitrogens with zero attached hydrogens (tertiary/aromatic N) is 1. The number of hydrogen-bond acceptors (Lipinski definition) is 3. The van der Waals surface area contributed by atoms with Crippen molar-refractivity contribution in [2.45, 2.75) is 84.6 Å². The zero-order valence-electron chi connectivity index (χ0n) is 15.6. The summed E-state index contributed by atoms with van der Waals surface area (Å²) in [4.78, 5) is 16.6. The lowest BCUT2D eigenvalue weighted by atomic mass is 10.1. The summed E-state index contributed by atoms with van der Waals surface area (Å²) in [6.07, 6.45) is 13.1. The maximum Gasteiger partial charge on any atom is 0.322 e. The summed E-state index contributed by atoms with van der Waals surface area (Å²) in [6, 6.07) is 10.2. The lowest BCUT2D eigenvalue weighted by Gasteiger charge is -2.20. The van der Waals surface area contributed by atoms with Crippen LogP contribution in [0.15, 0.2) is 30.3 Å². The van der Waals surface area contributed by atoms with Gasteiger partial charge in [-0.25, -0.2) is 0 Å². The van der Waals surface area contributed by atoms with Gasteiger partial charge in [-0.1, -0.05) is 95.0 Å². The van der Waals surface area contributed by atoms with Crippen LogP contribution in [0.4, 0.5) is 0 Å². The minimum Gasteiger partial charge on any atom is -0.368 e. The van der Waals surface area contributed by atoms with Gasteiger partial charge in [-0.2, -0.15) is 0 Å². The molecule has 0 bridgehead atoms. The van der Waals surface area contributed by atoms with Crippen LogP contribution in [-0.2, 0) is 16.2 Å². The highest BCUT2D eigenvalue weighted by atomic mass is 16.7. The van der Waals surface area contributed by atoms with E-state index in [2.05, 4.69) is 19.1 Å². The van der Waals surface area contributed by atoms with Crippen molar-refractivity contribution < 1.29 is 9.63 Å². The Morgan fingerprint density at radius 3 is 1.96 bits per heavy atom. The third kappa shape index (κ3) is 11.2. The van der Waals surface area contributed by atoms with Crippen molar-refractivity contribution in [3.63, 3.8) is 0 Å². The molecule has 0 amide bonds. The molecule has 24 heavy (non-hydrogen) atoms. The molecule has 1 rings (SSSR count). The SMILES string of the molecule is CCCCCCCCCCCCN(Cc1ccccc1)OC(C)=O. The van der Waals surface area contributed by atoms with Crippen LogP contribution in [0.2, 0.25) is 0 Å². The Hall–Kier alpha value is -1.35. The average Bonchev–Trinajstić information content (AvgIpc) is 2.57. The van der Waals surface area contributed by atoms with Gasteiger partial charge < -0.3 is 4.84 Å². The molecule has 0 atom stereocenters. The number of carbonyl (C=O) groups excluding carboxylic acids is 1. The lowest BCUT2D eigenvalue weighted by Crippen LogP contribution is -2.27. The zero-order valence-corrected chi connectivity index (χ0v) is 15.6. The minimum atomic E-state index is -0.238. The van der Waals surface area contributed by atoms with Gasteiger partial charge in [-0.15, -0.1) is 5.06 Å². The van der Waals surface area contributed by atoms with Crippen molar-refractivity contribution in [2.24, 2.45) is 0 Å². The molecule has 0 radical (unpaired) electrons. The number of carbonyl (C=O) groups is 1. The van der Waals surface area contributed by atoms with Gasteiger partial charge in [0.05, 0.1) is 6.54 Å². The van der Waals surface area contributed by atoms with Gasteiger partial charge in [0.1, 0.15) is 0 Å². The molecular formula is C21H35NO2. The number of unbranched alkanes of at least 4 members (excludes halogenated alkanes) is 9. The van der Waals surface area contributed by atoms with Crippen LogP contribution in [0, 0.1) is 0 Å². The summed E-state index contributed by atoms with van der Waals surface area (Å²) in [5, 5.41) is 1.79.